The minimum absolute atomic E-state index is 0.0490. The maximum Gasteiger partial charge on any atom is 0.273 e. The van der Waals surface area contributed by atoms with Crippen molar-refractivity contribution in [3.05, 3.63) is 28.3 Å². The molecule has 0 fully saturated rings. The maximum atomic E-state index is 11.0. The summed E-state index contributed by atoms with van der Waals surface area (Å²) in [5.74, 6) is 6.35. The fourth-order valence-corrected chi connectivity index (χ4v) is 2.13. The lowest BCUT2D eigenvalue weighted by molar-refractivity contribution is -0.384. The molecule has 0 atom stereocenters. The number of benzene rings is 1. The number of hydrazine groups is 1. The van der Waals surface area contributed by atoms with Gasteiger partial charge in [0.2, 0.25) is 0 Å². The normalized spacial score (nSPS) is 10.9. The predicted molar refractivity (Wildman–Crippen MR) is 82.8 cm³/mol. The molecule has 0 aliphatic carbocycles. The van der Waals surface area contributed by atoms with Crippen LogP contribution in [0.2, 0.25) is 0 Å². The third-order valence-electron chi connectivity index (χ3n) is 2.82. The molecular formula is C14H24N4O2. The Morgan fingerprint density at radius 2 is 1.75 bits per heavy atom. The lowest BCUT2D eigenvalue weighted by atomic mass is 10.1. The fraction of sp³-hybridized carbons (Fsp3) is 0.571. The first-order chi connectivity index (χ1) is 9.33. The molecule has 0 saturated carbocycles. The number of nitrogens with two attached hydrogens (primary N) is 1. The van der Waals surface area contributed by atoms with Crippen molar-refractivity contribution in [3.63, 3.8) is 0 Å². The van der Waals surface area contributed by atoms with Crippen LogP contribution in [0.15, 0.2) is 18.2 Å². The monoisotopic (exact) mass is 280 g/mol. The first kappa shape index (κ1) is 16.2. The van der Waals surface area contributed by atoms with E-state index >= 15 is 0 Å². The topological polar surface area (TPSA) is 84.4 Å². The standard InChI is InChI=1S/C14H24N4O2/c1-10(2)8-17(9-11(3)4)13-5-12(16-15)6-14(7-13)18(19)20/h5-7,10-11,16H,8-9,15H2,1-4H3. The van der Waals surface area contributed by atoms with Crippen LogP contribution < -0.4 is 16.2 Å². The Hall–Kier alpha value is -1.82. The SMILES string of the molecule is CC(C)CN(CC(C)C)c1cc(NN)cc([N+](=O)[O-])c1. The molecule has 0 radical (unpaired) electrons. The zero-order valence-electron chi connectivity index (χ0n) is 12.6. The number of nitrogen functional groups attached to an aromatic ring is 1. The highest BCUT2D eigenvalue weighted by Crippen LogP contribution is 2.27. The highest BCUT2D eigenvalue weighted by molar-refractivity contribution is 5.64. The van der Waals surface area contributed by atoms with Crippen LogP contribution in [0.1, 0.15) is 27.7 Å². The van der Waals surface area contributed by atoms with E-state index in [4.69, 9.17) is 5.84 Å². The van der Waals surface area contributed by atoms with E-state index in [-0.39, 0.29) is 5.69 Å². The minimum Gasteiger partial charge on any atom is -0.371 e. The molecule has 0 aliphatic heterocycles. The molecule has 1 aromatic carbocycles. The van der Waals surface area contributed by atoms with Crippen LogP contribution in [0.5, 0.6) is 0 Å². The fourth-order valence-electron chi connectivity index (χ4n) is 2.13. The molecule has 20 heavy (non-hydrogen) atoms. The summed E-state index contributed by atoms with van der Waals surface area (Å²) in [5.41, 5.74) is 3.92. The van der Waals surface area contributed by atoms with Gasteiger partial charge in [0, 0.05) is 30.9 Å². The number of hydrogen-bond acceptors (Lipinski definition) is 5. The summed E-state index contributed by atoms with van der Waals surface area (Å²) in [4.78, 5) is 12.8. The Morgan fingerprint density at radius 1 is 1.20 bits per heavy atom. The van der Waals surface area contributed by atoms with Crippen molar-refractivity contribution >= 4 is 17.1 Å². The third-order valence-corrected chi connectivity index (χ3v) is 2.82. The first-order valence-corrected chi connectivity index (χ1v) is 6.84. The van der Waals surface area contributed by atoms with Gasteiger partial charge in [0.1, 0.15) is 0 Å². The second kappa shape index (κ2) is 7.09. The van der Waals surface area contributed by atoms with Gasteiger partial charge in [-0.15, -0.1) is 0 Å². The van der Waals surface area contributed by atoms with Crippen LogP contribution in [0, 0.1) is 22.0 Å². The second-order valence-electron chi connectivity index (χ2n) is 5.83. The van der Waals surface area contributed by atoms with Crippen molar-refractivity contribution in [2.75, 3.05) is 23.4 Å². The summed E-state index contributed by atoms with van der Waals surface area (Å²) in [6.07, 6.45) is 0. The summed E-state index contributed by atoms with van der Waals surface area (Å²) in [6, 6.07) is 4.88. The molecule has 0 aliphatic rings. The summed E-state index contributed by atoms with van der Waals surface area (Å²) in [6.45, 7) is 10.2. The molecule has 6 heteroatoms. The molecule has 0 saturated heterocycles. The van der Waals surface area contributed by atoms with Gasteiger partial charge in [0.05, 0.1) is 10.6 Å². The Bertz CT molecular complexity index is 450. The van der Waals surface area contributed by atoms with Gasteiger partial charge in [-0.3, -0.25) is 16.0 Å². The number of nitrogens with one attached hydrogen (secondary N) is 1. The number of nitro benzene ring substituents is 1. The van der Waals surface area contributed by atoms with Gasteiger partial charge < -0.3 is 10.3 Å². The van der Waals surface area contributed by atoms with E-state index < -0.39 is 4.92 Å². The number of nitro groups is 1. The van der Waals surface area contributed by atoms with Crippen LogP contribution in [0.4, 0.5) is 17.1 Å². The molecule has 6 nitrogen and oxygen atoms in total. The number of non-ortho nitro benzene ring substituents is 1. The molecular weight excluding hydrogens is 256 g/mol. The van der Waals surface area contributed by atoms with Crippen molar-refractivity contribution in [3.8, 4) is 0 Å². The van der Waals surface area contributed by atoms with E-state index in [1.807, 2.05) is 6.07 Å². The molecule has 0 bridgehead atoms. The summed E-state index contributed by atoms with van der Waals surface area (Å²) < 4.78 is 0. The molecule has 0 heterocycles. The number of hydrogen-bond donors (Lipinski definition) is 2. The van der Waals surface area contributed by atoms with E-state index in [1.165, 1.54) is 6.07 Å². The van der Waals surface area contributed by atoms with Crippen LogP contribution in [0.25, 0.3) is 0 Å². The van der Waals surface area contributed by atoms with E-state index in [0.29, 0.717) is 17.5 Å². The molecule has 0 unspecified atom stereocenters. The average Bonchev–Trinajstić information content (AvgIpc) is 2.36. The third kappa shape index (κ3) is 4.70. The summed E-state index contributed by atoms with van der Waals surface area (Å²) >= 11 is 0. The number of nitrogens with zero attached hydrogens (tertiary/aromatic N) is 2. The lowest BCUT2D eigenvalue weighted by Crippen LogP contribution is -2.31. The van der Waals surface area contributed by atoms with E-state index in [2.05, 4.69) is 38.0 Å². The summed E-state index contributed by atoms with van der Waals surface area (Å²) in [7, 11) is 0. The number of rotatable bonds is 7. The van der Waals surface area contributed by atoms with Crippen LogP contribution in [0.3, 0.4) is 0 Å². The largest absolute Gasteiger partial charge is 0.371 e. The molecule has 0 amide bonds. The molecule has 1 aromatic rings. The Balaban J connectivity index is 3.16. The van der Waals surface area contributed by atoms with Crippen LogP contribution in [-0.4, -0.2) is 18.0 Å². The zero-order chi connectivity index (χ0) is 15.3. The smallest absolute Gasteiger partial charge is 0.273 e. The molecule has 0 spiro atoms. The van der Waals surface area contributed by atoms with E-state index in [0.717, 1.165) is 18.8 Å². The quantitative estimate of drug-likeness (QED) is 0.455. The molecule has 3 N–H and O–H groups in total. The molecule has 0 aromatic heterocycles. The van der Waals surface area contributed by atoms with Crippen molar-refractivity contribution in [2.45, 2.75) is 27.7 Å². The highest BCUT2D eigenvalue weighted by atomic mass is 16.6. The van der Waals surface area contributed by atoms with Gasteiger partial charge in [-0.1, -0.05) is 27.7 Å². The van der Waals surface area contributed by atoms with Gasteiger partial charge in [-0.05, 0) is 17.9 Å². The van der Waals surface area contributed by atoms with Crippen molar-refractivity contribution < 1.29 is 4.92 Å². The summed E-state index contributed by atoms with van der Waals surface area (Å²) in [5, 5.41) is 11.0. The van der Waals surface area contributed by atoms with Crippen molar-refractivity contribution in [1.82, 2.24) is 0 Å². The van der Waals surface area contributed by atoms with Crippen molar-refractivity contribution in [2.24, 2.45) is 17.7 Å². The maximum absolute atomic E-state index is 11.0. The van der Waals surface area contributed by atoms with E-state index in [1.54, 1.807) is 6.07 Å². The van der Waals surface area contributed by atoms with Gasteiger partial charge >= 0.3 is 0 Å². The number of anilines is 2. The van der Waals surface area contributed by atoms with Gasteiger partial charge in [-0.2, -0.15) is 0 Å². The minimum atomic E-state index is -0.396. The Morgan fingerprint density at radius 3 is 2.15 bits per heavy atom. The van der Waals surface area contributed by atoms with E-state index in [9.17, 15) is 10.1 Å². The van der Waals surface area contributed by atoms with Gasteiger partial charge in [0.15, 0.2) is 0 Å². The van der Waals surface area contributed by atoms with Crippen molar-refractivity contribution in [1.29, 1.82) is 0 Å². The lowest BCUT2D eigenvalue weighted by Gasteiger charge is -2.28. The van der Waals surface area contributed by atoms with Crippen LogP contribution in [-0.2, 0) is 0 Å². The van der Waals surface area contributed by atoms with Crippen LogP contribution >= 0.6 is 0 Å². The average molecular weight is 280 g/mol. The molecule has 112 valence electrons. The second-order valence-corrected chi connectivity index (χ2v) is 5.83. The Kier molecular flexibility index (Phi) is 5.76. The van der Waals surface area contributed by atoms with Gasteiger partial charge in [-0.25, -0.2) is 0 Å². The Labute approximate surface area is 120 Å². The molecule has 1 rings (SSSR count). The highest BCUT2D eigenvalue weighted by Gasteiger charge is 2.16. The first-order valence-electron chi connectivity index (χ1n) is 6.84. The zero-order valence-corrected chi connectivity index (χ0v) is 12.6. The predicted octanol–water partition coefficient (Wildman–Crippen LogP) is 3.00. The van der Waals surface area contributed by atoms with Gasteiger partial charge in [0.25, 0.3) is 5.69 Å².